The highest BCUT2D eigenvalue weighted by Crippen LogP contribution is 2.40. The molecular formula is C26H32N6. The van der Waals surface area contributed by atoms with Crippen LogP contribution in [-0.2, 0) is 0 Å². The number of hydrazone groups is 1. The van der Waals surface area contributed by atoms with Gasteiger partial charge >= 0.3 is 0 Å². The minimum absolute atomic E-state index is 0.429. The maximum absolute atomic E-state index is 4.33. The topological polar surface area (TPSA) is 55.3 Å². The molecule has 4 rings (SSSR count). The Hall–Kier alpha value is -3.38. The predicted octanol–water partition coefficient (Wildman–Crippen LogP) is 4.46. The number of aryl methyl sites for hydroxylation is 1. The van der Waals surface area contributed by atoms with Gasteiger partial charge in [-0.1, -0.05) is 43.0 Å². The number of anilines is 2. The van der Waals surface area contributed by atoms with Gasteiger partial charge in [0, 0.05) is 45.0 Å². The molecule has 0 aliphatic carbocycles. The maximum atomic E-state index is 4.33. The van der Waals surface area contributed by atoms with E-state index in [9.17, 15) is 0 Å². The summed E-state index contributed by atoms with van der Waals surface area (Å²) in [6, 6.07) is 15.4. The van der Waals surface area contributed by atoms with E-state index in [0.29, 0.717) is 11.9 Å². The average molecular weight is 429 g/mol. The number of amidine groups is 1. The Bertz CT molecular complexity index is 1040. The molecule has 2 aliphatic rings. The van der Waals surface area contributed by atoms with E-state index in [-0.39, 0.29) is 0 Å². The number of hydrogen-bond acceptors (Lipinski definition) is 5. The van der Waals surface area contributed by atoms with Crippen LogP contribution in [0.15, 0.2) is 71.5 Å². The SMILES string of the molecule is C=NNC(=NC)c1ccc2c(c1)NC(=C)N2C1CCN(CC(=C)c2ccc(C)cc2)CC1. The molecule has 0 atom stereocenters. The van der Waals surface area contributed by atoms with Crippen LogP contribution in [0.5, 0.6) is 0 Å². The van der Waals surface area contributed by atoms with Crippen LogP contribution in [0.25, 0.3) is 5.57 Å². The van der Waals surface area contributed by atoms with E-state index >= 15 is 0 Å². The van der Waals surface area contributed by atoms with Gasteiger partial charge in [0.2, 0.25) is 0 Å². The van der Waals surface area contributed by atoms with Gasteiger partial charge in [0.05, 0.1) is 11.4 Å². The fourth-order valence-corrected chi connectivity index (χ4v) is 4.58. The number of nitrogens with one attached hydrogen (secondary N) is 2. The second-order valence-corrected chi connectivity index (χ2v) is 8.49. The molecule has 2 aliphatic heterocycles. The fourth-order valence-electron chi connectivity index (χ4n) is 4.58. The zero-order chi connectivity index (χ0) is 22.7. The first-order chi connectivity index (χ1) is 15.5. The van der Waals surface area contributed by atoms with Crippen molar-refractivity contribution in [3.8, 4) is 0 Å². The summed E-state index contributed by atoms with van der Waals surface area (Å²) >= 11 is 0. The molecule has 0 saturated carbocycles. The molecule has 1 fully saturated rings. The summed E-state index contributed by atoms with van der Waals surface area (Å²) in [5, 5.41) is 7.19. The van der Waals surface area contributed by atoms with Gasteiger partial charge in [-0.15, -0.1) is 0 Å². The first kappa shape index (κ1) is 21.8. The van der Waals surface area contributed by atoms with Crippen LogP contribution < -0.4 is 15.6 Å². The third kappa shape index (κ3) is 4.46. The van der Waals surface area contributed by atoms with Crippen LogP contribution in [0.1, 0.15) is 29.5 Å². The molecule has 166 valence electrons. The smallest absolute Gasteiger partial charge is 0.148 e. The summed E-state index contributed by atoms with van der Waals surface area (Å²) in [7, 11) is 1.74. The average Bonchev–Trinajstić information content (AvgIpc) is 3.13. The van der Waals surface area contributed by atoms with Gasteiger partial charge in [0.15, 0.2) is 0 Å². The van der Waals surface area contributed by atoms with E-state index in [2.05, 4.69) is 99.9 Å². The minimum atomic E-state index is 0.429. The van der Waals surface area contributed by atoms with Gasteiger partial charge in [-0.2, -0.15) is 5.10 Å². The summed E-state index contributed by atoms with van der Waals surface area (Å²) in [5.74, 6) is 1.63. The third-order valence-corrected chi connectivity index (χ3v) is 6.30. The highest BCUT2D eigenvalue weighted by Gasteiger charge is 2.32. The van der Waals surface area contributed by atoms with Crippen LogP contribution in [0, 0.1) is 6.92 Å². The number of fused-ring (bicyclic) bond motifs is 1. The van der Waals surface area contributed by atoms with Gasteiger partial charge in [0.25, 0.3) is 0 Å². The Morgan fingerprint density at radius 3 is 2.47 bits per heavy atom. The van der Waals surface area contributed by atoms with E-state index in [4.69, 9.17) is 0 Å². The molecule has 1 saturated heterocycles. The standard InChI is InChI=1S/C26H32N6/c1-18-6-8-21(9-7-18)19(2)17-31-14-12-23(13-15-31)32-20(3)29-24-16-22(10-11-25(24)32)26(27-4)30-28-5/h6-11,16,23,29H,2-3,5,12-15,17H2,1,4H3,(H,27,30). The zero-order valence-corrected chi connectivity index (χ0v) is 19.1. The van der Waals surface area contributed by atoms with Crippen molar-refractivity contribution in [2.24, 2.45) is 10.1 Å². The summed E-state index contributed by atoms with van der Waals surface area (Å²) in [4.78, 5) is 9.12. The molecule has 0 amide bonds. The Morgan fingerprint density at radius 1 is 1.12 bits per heavy atom. The van der Waals surface area contributed by atoms with Crippen LogP contribution in [0.3, 0.4) is 0 Å². The normalized spacial score (nSPS) is 17.1. The number of likely N-dealkylation sites (tertiary alicyclic amines) is 1. The monoisotopic (exact) mass is 428 g/mol. The van der Waals surface area contributed by atoms with E-state index in [1.807, 2.05) is 0 Å². The highest BCUT2D eigenvalue weighted by molar-refractivity contribution is 6.01. The van der Waals surface area contributed by atoms with Crippen LogP contribution in [0.2, 0.25) is 0 Å². The summed E-state index contributed by atoms with van der Waals surface area (Å²) in [5.41, 5.74) is 9.73. The van der Waals surface area contributed by atoms with Gasteiger partial charge in [-0.05, 0) is 49.1 Å². The molecule has 0 bridgehead atoms. The van der Waals surface area contributed by atoms with Crippen LogP contribution >= 0.6 is 0 Å². The van der Waals surface area contributed by atoms with Crippen molar-refractivity contribution in [2.75, 3.05) is 36.9 Å². The maximum Gasteiger partial charge on any atom is 0.148 e. The fraction of sp³-hybridized carbons (Fsp3) is 0.308. The van der Waals surface area contributed by atoms with E-state index < -0.39 is 0 Å². The number of piperidine rings is 1. The van der Waals surface area contributed by atoms with Crippen molar-refractivity contribution in [1.29, 1.82) is 0 Å². The van der Waals surface area contributed by atoms with Crippen molar-refractivity contribution >= 4 is 29.5 Å². The minimum Gasteiger partial charge on any atom is -0.340 e. The lowest BCUT2D eigenvalue weighted by Gasteiger charge is -2.38. The number of aliphatic imine (C=N–C) groups is 1. The molecule has 0 spiro atoms. The Morgan fingerprint density at radius 2 is 1.81 bits per heavy atom. The van der Waals surface area contributed by atoms with Crippen molar-refractivity contribution in [3.63, 3.8) is 0 Å². The van der Waals surface area contributed by atoms with Crippen LogP contribution in [0.4, 0.5) is 11.4 Å². The van der Waals surface area contributed by atoms with Gasteiger partial charge in [-0.3, -0.25) is 15.3 Å². The molecule has 2 N–H and O–H groups in total. The molecular weight excluding hydrogens is 396 g/mol. The Labute approximate surface area is 191 Å². The summed E-state index contributed by atoms with van der Waals surface area (Å²) < 4.78 is 0. The number of nitrogens with zero attached hydrogens (tertiary/aromatic N) is 4. The predicted molar refractivity (Wildman–Crippen MR) is 137 cm³/mol. The Balaban J connectivity index is 1.40. The van der Waals surface area contributed by atoms with E-state index in [1.54, 1.807) is 7.05 Å². The van der Waals surface area contributed by atoms with Crippen LogP contribution in [-0.4, -0.2) is 50.2 Å². The lowest BCUT2D eigenvalue weighted by atomic mass is 10.00. The van der Waals surface area contributed by atoms with Gasteiger partial charge in [-0.25, -0.2) is 0 Å². The van der Waals surface area contributed by atoms with Gasteiger partial charge < -0.3 is 10.2 Å². The van der Waals surface area contributed by atoms with Gasteiger partial charge in [0.1, 0.15) is 11.7 Å². The molecule has 2 heterocycles. The zero-order valence-electron chi connectivity index (χ0n) is 19.1. The van der Waals surface area contributed by atoms with Crippen molar-refractivity contribution in [2.45, 2.75) is 25.8 Å². The molecule has 32 heavy (non-hydrogen) atoms. The van der Waals surface area contributed by atoms with Crippen molar-refractivity contribution in [3.05, 3.63) is 78.1 Å². The molecule has 6 nitrogen and oxygen atoms in total. The Kier molecular flexibility index (Phi) is 6.42. The lowest BCUT2D eigenvalue weighted by Crippen LogP contribution is -2.44. The summed E-state index contributed by atoms with van der Waals surface area (Å²) in [6.07, 6.45) is 2.18. The first-order valence-electron chi connectivity index (χ1n) is 11.1. The van der Waals surface area contributed by atoms with E-state index in [1.165, 1.54) is 22.4 Å². The second kappa shape index (κ2) is 9.40. The van der Waals surface area contributed by atoms with E-state index in [0.717, 1.165) is 49.5 Å². The quantitative estimate of drug-likeness (QED) is 0.405. The molecule has 6 heteroatoms. The number of rotatable bonds is 6. The lowest BCUT2D eigenvalue weighted by molar-refractivity contribution is 0.235. The molecule has 2 aromatic carbocycles. The highest BCUT2D eigenvalue weighted by atomic mass is 15.3. The molecule has 0 aromatic heterocycles. The first-order valence-corrected chi connectivity index (χ1v) is 11.1. The second-order valence-electron chi connectivity index (χ2n) is 8.49. The van der Waals surface area contributed by atoms with Crippen molar-refractivity contribution in [1.82, 2.24) is 10.3 Å². The largest absolute Gasteiger partial charge is 0.340 e. The molecule has 0 unspecified atom stereocenters. The number of hydrogen-bond donors (Lipinski definition) is 2. The summed E-state index contributed by atoms with van der Waals surface area (Å²) in [6.45, 7) is 17.2. The molecule has 2 aromatic rings. The number of benzene rings is 2. The third-order valence-electron chi connectivity index (χ3n) is 6.30. The van der Waals surface area contributed by atoms with Crippen molar-refractivity contribution < 1.29 is 0 Å². The molecule has 0 radical (unpaired) electrons.